The first-order chi connectivity index (χ1) is 5.57. The predicted octanol–water partition coefficient (Wildman–Crippen LogP) is 1.57. The average molecular weight is 206 g/mol. The Kier molecular flexibility index (Phi) is 2.80. The first-order valence-corrected chi connectivity index (χ1v) is 4.02. The molecule has 12 heavy (non-hydrogen) atoms. The molecule has 1 rings (SSSR count). The van der Waals surface area contributed by atoms with Gasteiger partial charge in [0.1, 0.15) is 0 Å². The molecule has 0 saturated heterocycles. The third-order valence-corrected chi connectivity index (χ3v) is 2.52. The topological polar surface area (TPSA) is 17.1 Å². The minimum atomic E-state index is -1.15. The number of carbonyl (C=O) groups excluding carboxylic acids is 1. The molecule has 0 aliphatic carbocycles. The molecule has 1 aromatic rings. The molecular weight excluding hydrogens is 201 g/mol. The molecule has 0 aromatic heterocycles. The number of halogens is 2. The van der Waals surface area contributed by atoms with Gasteiger partial charge in [-0.05, 0) is 11.4 Å². The van der Waals surface area contributed by atoms with Crippen LogP contribution in [0.4, 0.5) is 8.78 Å². The summed E-state index contributed by atoms with van der Waals surface area (Å²) in [6.07, 6.45) is 0.263. The normalized spacial score (nSPS) is 10.0. The van der Waals surface area contributed by atoms with Gasteiger partial charge in [-0.3, -0.25) is 4.79 Å². The van der Waals surface area contributed by atoms with Crippen molar-refractivity contribution < 1.29 is 13.6 Å². The summed E-state index contributed by atoms with van der Waals surface area (Å²) in [6.45, 7) is 0. The van der Waals surface area contributed by atoms with Gasteiger partial charge >= 0.3 is 0 Å². The van der Waals surface area contributed by atoms with E-state index < -0.39 is 11.6 Å². The van der Waals surface area contributed by atoms with Crippen LogP contribution in [0.15, 0.2) is 11.0 Å². The molecule has 5 heteroatoms. The van der Waals surface area contributed by atoms with Crippen molar-refractivity contribution in [3.05, 3.63) is 23.3 Å². The lowest BCUT2D eigenvalue weighted by Gasteiger charge is -2.02. The summed E-state index contributed by atoms with van der Waals surface area (Å²) >= 11 is 3.72. The molecule has 0 bridgehead atoms. The molecule has 0 N–H and O–H groups in total. The van der Waals surface area contributed by atoms with Crippen LogP contribution >= 0.6 is 21.9 Å². The highest BCUT2D eigenvalue weighted by Gasteiger charge is 2.13. The van der Waals surface area contributed by atoms with Crippen molar-refractivity contribution in [1.29, 1.82) is 0 Å². The summed E-state index contributed by atoms with van der Waals surface area (Å²) in [5, 5.41) is 0.360. The Bertz CT molecular complexity index is 341. The van der Waals surface area contributed by atoms with E-state index in [2.05, 4.69) is 21.9 Å². The van der Waals surface area contributed by atoms with Gasteiger partial charge < -0.3 is 0 Å². The molecule has 1 unspecified atom stereocenters. The smallest absolute Gasteiger partial charge is 0.173 e. The van der Waals surface area contributed by atoms with Crippen LogP contribution < -0.4 is 5.30 Å². The van der Waals surface area contributed by atoms with Crippen molar-refractivity contribution in [2.45, 2.75) is 4.90 Å². The number of hydrogen-bond acceptors (Lipinski definition) is 2. The minimum absolute atomic E-state index is 0.0944. The largest absolute Gasteiger partial charge is 0.298 e. The number of thiol groups is 1. The number of carbonyl (C=O) groups is 1. The summed E-state index contributed by atoms with van der Waals surface area (Å²) in [4.78, 5) is 10.1. The lowest BCUT2D eigenvalue weighted by atomic mass is 10.2. The van der Waals surface area contributed by atoms with E-state index in [1.807, 2.05) is 0 Å². The Balaban J connectivity index is 3.49. The van der Waals surface area contributed by atoms with E-state index in [1.54, 1.807) is 0 Å². The van der Waals surface area contributed by atoms with E-state index in [1.165, 1.54) is 6.07 Å². The Morgan fingerprint density at radius 3 is 2.50 bits per heavy atom. The Hall–Kier alpha value is -0.470. The first-order valence-electron chi connectivity index (χ1n) is 2.99. The van der Waals surface area contributed by atoms with Crippen molar-refractivity contribution >= 4 is 33.5 Å². The van der Waals surface area contributed by atoms with Gasteiger partial charge in [-0.15, -0.1) is 21.9 Å². The SMILES string of the molecule is O=Cc1cc(P)c(S)c(F)c1F. The zero-order valence-corrected chi connectivity index (χ0v) is 7.89. The summed E-state index contributed by atoms with van der Waals surface area (Å²) < 4.78 is 25.6. The van der Waals surface area contributed by atoms with Gasteiger partial charge in [-0.25, -0.2) is 8.78 Å². The fraction of sp³-hybridized carbons (Fsp3) is 0. The first kappa shape index (κ1) is 9.62. The molecule has 0 heterocycles. The molecule has 0 aliphatic heterocycles. The van der Waals surface area contributed by atoms with E-state index in [-0.39, 0.29) is 16.7 Å². The third kappa shape index (κ3) is 1.50. The molecule has 0 amide bonds. The fourth-order valence-electron chi connectivity index (χ4n) is 0.742. The number of rotatable bonds is 1. The average Bonchev–Trinajstić information content (AvgIpc) is 2.08. The fourth-order valence-corrected chi connectivity index (χ4v) is 1.21. The molecule has 1 atom stereocenters. The van der Waals surface area contributed by atoms with Crippen LogP contribution in [-0.4, -0.2) is 6.29 Å². The summed E-state index contributed by atoms with van der Waals surface area (Å²) in [7, 11) is 2.17. The Morgan fingerprint density at radius 1 is 1.42 bits per heavy atom. The van der Waals surface area contributed by atoms with E-state index in [0.29, 0.717) is 5.30 Å². The van der Waals surface area contributed by atoms with Crippen molar-refractivity contribution in [3.63, 3.8) is 0 Å². The maximum atomic E-state index is 12.8. The highest BCUT2D eigenvalue weighted by atomic mass is 32.1. The van der Waals surface area contributed by atoms with E-state index >= 15 is 0 Å². The summed E-state index contributed by atoms with van der Waals surface area (Å²) in [6, 6.07) is 1.22. The molecule has 1 aromatic carbocycles. The van der Waals surface area contributed by atoms with Gasteiger partial charge in [0.15, 0.2) is 17.9 Å². The molecule has 0 saturated carbocycles. The van der Waals surface area contributed by atoms with Gasteiger partial charge in [0.25, 0.3) is 0 Å². The quantitative estimate of drug-likeness (QED) is 0.419. The van der Waals surface area contributed by atoms with E-state index in [0.717, 1.165) is 0 Å². The predicted molar refractivity (Wildman–Crippen MR) is 48.3 cm³/mol. The zero-order chi connectivity index (χ0) is 9.30. The van der Waals surface area contributed by atoms with Crippen LogP contribution in [-0.2, 0) is 0 Å². The number of hydrogen-bond donors (Lipinski definition) is 1. The lowest BCUT2D eigenvalue weighted by molar-refractivity contribution is 0.111. The minimum Gasteiger partial charge on any atom is -0.298 e. The second-order valence-electron chi connectivity index (χ2n) is 2.15. The molecule has 0 radical (unpaired) electrons. The summed E-state index contributed by atoms with van der Waals surface area (Å²) in [5.41, 5.74) is -0.296. The number of benzene rings is 1. The van der Waals surface area contributed by atoms with Crippen molar-refractivity contribution in [2.75, 3.05) is 0 Å². The van der Waals surface area contributed by atoms with Gasteiger partial charge in [0.05, 0.1) is 10.5 Å². The number of aldehydes is 1. The second kappa shape index (κ2) is 3.50. The van der Waals surface area contributed by atoms with Crippen molar-refractivity contribution in [2.24, 2.45) is 0 Å². The molecular formula is C7H5F2OPS. The van der Waals surface area contributed by atoms with Crippen LogP contribution in [0.1, 0.15) is 10.4 Å². The van der Waals surface area contributed by atoms with Gasteiger partial charge in [0.2, 0.25) is 0 Å². The highest BCUT2D eigenvalue weighted by molar-refractivity contribution is 7.80. The molecule has 0 aliphatic rings. The van der Waals surface area contributed by atoms with Gasteiger partial charge in [-0.2, -0.15) is 0 Å². The summed E-state index contributed by atoms with van der Waals surface area (Å²) in [5.74, 6) is -2.24. The molecule has 0 spiro atoms. The maximum absolute atomic E-state index is 12.8. The van der Waals surface area contributed by atoms with E-state index in [4.69, 9.17) is 0 Å². The van der Waals surface area contributed by atoms with Crippen LogP contribution in [0.25, 0.3) is 0 Å². The van der Waals surface area contributed by atoms with Crippen LogP contribution in [0.3, 0.4) is 0 Å². The highest BCUT2D eigenvalue weighted by Crippen LogP contribution is 2.17. The monoisotopic (exact) mass is 206 g/mol. The van der Waals surface area contributed by atoms with E-state index in [9.17, 15) is 13.6 Å². The Morgan fingerprint density at radius 2 is 2.00 bits per heavy atom. The molecule has 1 nitrogen and oxygen atoms in total. The molecule has 64 valence electrons. The van der Waals surface area contributed by atoms with Gasteiger partial charge in [0, 0.05) is 0 Å². The van der Waals surface area contributed by atoms with Crippen LogP contribution in [0.5, 0.6) is 0 Å². The standard InChI is InChI=1S/C7H5F2OPS/c8-5-3(2-10)1-4(11)7(12)6(5)9/h1-2,12H,11H2. The third-order valence-electron chi connectivity index (χ3n) is 1.37. The van der Waals surface area contributed by atoms with Crippen LogP contribution in [0, 0.1) is 11.6 Å². The maximum Gasteiger partial charge on any atom is 0.173 e. The second-order valence-corrected chi connectivity index (χ2v) is 3.22. The lowest BCUT2D eigenvalue weighted by Crippen LogP contribution is -2.04. The molecule has 0 fully saturated rings. The van der Waals surface area contributed by atoms with Crippen LogP contribution in [0.2, 0.25) is 0 Å². The Labute approximate surface area is 75.8 Å². The van der Waals surface area contributed by atoms with Gasteiger partial charge in [-0.1, -0.05) is 0 Å². The van der Waals surface area contributed by atoms with Crippen molar-refractivity contribution in [3.8, 4) is 0 Å². The zero-order valence-electron chi connectivity index (χ0n) is 5.84. The van der Waals surface area contributed by atoms with Crippen molar-refractivity contribution in [1.82, 2.24) is 0 Å².